The summed E-state index contributed by atoms with van der Waals surface area (Å²) in [5, 5.41) is 3.44. The van der Waals surface area contributed by atoms with Crippen LogP contribution in [0.3, 0.4) is 0 Å². The van der Waals surface area contributed by atoms with Crippen molar-refractivity contribution >= 4 is 75.1 Å². The van der Waals surface area contributed by atoms with Crippen LogP contribution in [0.1, 0.15) is 24.1 Å². The summed E-state index contributed by atoms with van der Waals surface area (Å²) in [6, 6.07) is 21.6. The third kappa shape index (κ3) is 6.05. The highest BCUT2D eigenvalue weighted by Crippen LogP contribution is 2.38. The first-order valence-electron chi connectivity index (χ1n) is 10.6. The van der Waals surface area contributed by atoms with Gasteiger partial charge in [-0.05, 0) is 48.4 Å². The quantitative estimate of drug-likeness (QED) is 0.258. The summed E-state index contributed by atoms with van der Waals surface area (Å²) in [7, 11) is 0. The van der Waals surface area contributed by atoms with Crippen LogP contribution in [0.15, 0.2) is 77.7 Å². The summed E-state index contributed by atoms with van der Waals surface area (Å²) in [4.78, 5) is 27.4. The molecule has 1 fully saturated rings. The predicted octanol–water partition coefficient (Wildman–Crippen LogP) is 6.97. The van der Waals surface area contributed by atoms with E-state index >= 15 is 0 Å². The Hall–Kier alpha value is -2.84. The Labute approximate surface area is 223 Å². The van der Waals surface area contributed by atoms with Gasteiger partial charge >= 0.3 is 0 Å². The summed E-state index contributed by atoms with van der Waals surface area (Å²) >= 11 is 19.2. The second-order valence-corrected chi connectivity index (χ2v) is 10.1. The number of nitrogens with one attached hydrogen (secondary N) is 1. The van der Waals surface area contributed by atoms with Gasteiger partial charge in [0.05, 0.1) is 26.7 Å². The molecule has 178 valence electrons. The Balaban J connectivity index is 1.41. The first-order chi connectivity index (χ1) is 16.8. The Morgan fingerprint density at radius 3 is 2.51 bits per heavy atom. The molecule has 1 atom stereocenters. The number of benzene rings is 3. The molecular weight excluding hydrogens is 523 g/mol. The van der Waals surface area contributed by atoms with Gasteiger partial charge in [-0.15, -0.1) is 0 Å². The monoisotopic (exact) mass is 542 g/mol. The van der Waals surface area contributed by atoms with Gasteiger partial charge in [0.2, 0.25) is 0 Å². The lowest BCUT2D eigenvalue weighted by Crippen LogP contribution is -2.30. The molecule has 2 amide bonds. The van der Waals surface area contributed by atoms with E-state index in [9.17, 15) is 9.59 Å². The van der Waals surface area contributed by atoms with Crippen LogP contribution in [0.2, 0.25) is 10.0 Å². The van der Waals surface area contributed by atoms with Crippen LogP contribution in [-0.4, -0.2) is 27.6 Å². The topological polar surface area (TPSA) is 58.6 Å². The van der Waals surface area contributed by atoms with Gasteiger partial charge in [0.15, 0.2) is 6.61 Å². The summed E-state index contributed by atoms with van der Waals surface area (Å²) < 4.78 is 6.07. The van der Waals surface area contributed by atoms with Crippen molar-refractivity contribution in [3.63, 3.8) is 0 Å². The van der Waals surface area contributed by atoms with E-state index in [-0.39, 0.29) is 24.5 Å². The zero-order valence-electron chi connectivity index (χ0n) is 18.5. The minimum atomic E-state index is -0.366. The van der Waals surface area contributed by atoms with E-state index in [2.05, 4.69) is 5.32 Å². The minimum absolute atomic E-state index is 0.149. The lowest BCUT2D eigenvalue weighted by atomic mass is 10.1. The third-order valence-electron chi connectivity index (χ3n) is 5.25. The maximum Gasteiger partial charge on any atom is 0.266 e. The number of hydrogen-bond donors (Lipinski definition) is 1. The number of para-hydroxylation sites is 1. The molecule has 1 N–H and O–H groups in total. The van der Waals surface area contributed by atoms with Crippen LogP contribution in [-0.2, 0) is 9.59 Å². The fraction of sp³-hybridized carbons (Fsp3) is 0.115. The van der Waals surface area contributed by atoms with E-state index in [0.29, 0.717) is 30.7 Å². The molecule has 1 aliphatic heterocycles. The Morgan fingerprint density at radius 2 is 1.80 bits per heavy atom. The molecule has 0 bridgehead atoms. The number of anilines is 1. The largest absolute Gasteiger partial charge is 0.482 e. The lowest BCUT2D eigenvalue weighted by Gasteiger charge is -2.23. The van der Waals surface area contributed by atoms with E-state index in [1.807, 2.05) is 37.3 Å². The highest BCUT2D eigenvalue weighted by molar-refractivity contribution is 8.26. The molecule has 3 aromatic rings. The number of nitrogens with zero attached hydrogens (tertiary/aromatic N) is 1. The van der Waals surface area contributed by atoms with Gasteiger partial charge < -0.3 is 10.1 Å². The number of hydrogen-bond acceptors (Lipinski definition) is 5. The Morgan fingerprint density at radius 1 is 1.09 bits per heavy atom. The highest BCUT2D eigenvalue weighted by atomic mass is 35.5. The molecule has 0 aromatic heterocycles. The van der Waals surface area contributed by atoms with E-state index in [1.54, 1.807) is 53.4 Å². The summed E-state index contributed by atoms with van der Waals surface area (Å²) in [6.45, 7) is 1.72. The van der Waals surface area contributed by atoms with E-state index in [1.165, 1.54) is 11.8 Å². The van der Waals surface area contributed by atoms with E-state index in [0.717, 1.165) is 11.1 Å². The summed E-state index contributed by atoms with van der Waals surface area (Å²) in [5.41, 5.74) is 2.23. The van der Waals surface area contributed by atoms with E-state index in [4.69, 9.17) is 40.2 Å². The molecular formula is C26H20Cl2N2O3S2. The molecule has 35 heavy (non-hydrogen) atoms. The molecule has 9 heteroatoms. The fourth-order valence-corrected chi connectivity index (χ4v) is 5.31. The number of thioether (sulfide) groups is 1. The van der Waals surface area contributed by atoms with Crippen LogP contribution in [0.4, 0.5) is 5.69 Å². The molecule has 4 rings (SSSR count). The summed E-state index contributed by atoms with van der Waals surface area (Å²) in [5.74, 6) is -0.165. The van der Waals surface area contributed by atoms with Crippen LogP contribution >= 0.6 is 47.2 Å². The Bertz CT molecular complexity index is 1310. The zero-order valence-corrected chi connectivity index (χ0v) is 21.7. The lowest BCUT2D eigenvalue weighted by molar-refractivity contribution is -0.123. The van der Waals surface area contributed by atoms with Crippen LogP contribution < -0.4 is 10.1 Å². The number of amides is 2. The average molecular weight is 543 g/mol. The second kappa shape index (κ2) is 11.3. The standard InChI is InChI=1S/C26H20Cl2N2O3S2/c1-16(18-7-3-2-4-8-18)30-25(32)23(35-26(30)34)14-17-11-12-22(20(28)13-17)33-15-24(31)29-21-10-6-5-9-19(21)27/h2-14,16H,15H2,1H3,(H,29,31)/b23-14-/t16-/m0/s1. The van der Waals surface area contributed by atoms with Gasteiger partial charge in [0.1, 0.15) is 10.1 Å². The SMILES string of the molecule is C[C@@H](c1ccccc1)N1C(=O)/C(=C/c2ccc(OCC(=O)Nc3ccccc3Cl)c(Cl)c2)SC1=S. The Kier molecular flexibility index (Phi) is 8.13. The maximum atomic E-state index is 13.1. The number of carbonyl (C=O) groups is 2. The van der Waals surface area contributed by atoms with Crippen molar-refractivity contribution in [1.82, 2.24) is 4.90 Å². The van der Waals surface area contributed by atoms with Crippen LogP contribution in [0.25, 0.3) is 6.08 Å². The van der Waals surface area contributed by atoms with Gasteiger partial charge in [-0.25, -0.2) is 0 Å². The smallest absolute Gasteiger partial charge is 0.266 e. The third-order valence-corrected chi connectivity index (χ3v) is 7.21. The minimum Gasteiger partial charge on any atom is -0.482 e. The second-order valence-electron chi connectivity index (χ2n) is 7.64. The van der Waals surface area contributed by atoms with Crippen LogP contribution in [0.5, 0.6) is 5.75 Å². The molecule has 1 aliphatic rings. The summed E-state index contributed by atoms with van der Waals surface area (Å²) in [6.07, 6.45) is 1.75. The van der Waals surface area contributed by atoms with Crippen molar-refractivity contribution in [1.29, 1.82) is 0 Å². The molecule has 0 spiro atoms. The van der Waals surface area contributed by atoms with Gasteiger partial charge in [0.25, 0.3) is 11.8 Å². The molecule has 0 unspecified atom stereocenters. The first-order valence-corrected chi connectivity index (χ1v) is 12.6. The number of carbonyl (C=O) groups excluding carboxylic acids is 2. The van der Waals surface area contributed by atoms with Crippen LogP contribution in [0, 0.1) is 0 Å². The zero-order chi connectivity index (χ0) is 24.9. The van der Waals surface area contributed by atoms with Crippen molar-refractivity contribution in [3.8, 4) is 5.75 Å². The molecule has 0 saturated carbocycles. The number of ether oxygens (including phenoxy) is 1. The van der Waals surface area contributed by atoms with Gasteiger partial charge in [0, 0.05) is 0 Å². The van der Waals surface area contributed by atoms with Crippen molar-refractivity contribution in [3.05, 3.63) is 98.9 Å². The van der Waals surface area contributed by atoms with Crippen molar-refractivity contribution in [2.75, 3.05) is 11.9 Å². The normalized spacial score (nSPS) is 15.4. The molecule has 3 aromatic carbocycles. The van der Waals surface area contributed by atoms with E-state index < -0.39 is 0 Å². The van der Waals surface area contributed by atoms with Crippen molar-refractivity contribution in [2.24, 2.45) is 0 Å². The van der Waals surface area contributed by atoms with Crippen molar-refractivity contribution in [2.45, 2.75) is 13.0 Å². The highest BCUT2D eigenvalue weighted by Gasteiger charge is 2.35. The first kappa shape index (κ1) is 25.3. The predicted molar refractivity (Wildman–Crippen MR) is 147 cm³/mol. The maximum absolute atomic E-state index is 13.1. The number of thiocarbonyl (C=S) groups is 1. The van der Waals surface area contributed by atoms with Gasteiger partial charge in [-0.2, -0.15) is 0 Å². The number of halogens is 2. The van der Waals surface area contributed by atoms with Crippen molar-refractivity contribution < 1.29 is 14.3 Å². The average Bonchev–Trinajstić information content (AvgIpc) is 3.12. The van der Waals surface area contributed by atoms with Gasteiger partial charge in [-0.3, -0.25) is 14.5 Å². The van der Waals surface area contributed by atoms with Gasteiger partial charge in [-0.1, -0.05) is 95.7 Å². The number of rotatable bonds is 7. The molecule has 0 radical (unpaired) electrons. The fourth-order valence-electron chi connectivity index (χ4n) is 3.46. The molecule has 0 aliphatic carbocycles. The molecule has 5 nitrogen and oxygen atoms in total. The molecule has 1 heterocycles. The molecule has 1 saturated heterocycles.